The molecular formula is C20H31N7. The zero-order chi connectivity index (χ0) is 19.6. The molecular weight excluding hydrogens is 338 g/mol. The van der Waals surface area contributed by atoms with Crippen LogP contribution in [0.5, 0.6) is 0 Å². The van der Waals surface area contributed by atoms with E-state index in [0.29, 0.717) is 11.5 Å². The van der Waals surface area contributed by atoms with Gasteiger partial charge in [-0.05, 0) is 51.8 Å². The monoisotopic (exact) mass is 369 g/mol. The first kappa shape index (κ1) is 19.2. The Morgan fingerprint density at radius 2 is 1.67 bits per heavy atom. The number of anilines is 4. The number of nitrogens with zero attached hydrogens (tertiary/aromatic N) is 4. The highest BCUT2D eigenvalue weighted by Gasteiger charge is 2.22. The van der Waals surface area contributed by atoms with Crippen molar-refractivity contribution in [3.63, 3.8) is 0 Å². The Kier molecular flexibility index (Phi) is 5.41. The highest BCUT2D eigenvalue weighted by molar-refractivity contribution is 5.75. The highest BCUT2D eigenvalue weighted by Crippen LogP contribution is 2.29. The first-order valence-corrected chi connectivity index (χ1v) is 9.46. The van der Waals surface area contributed by atoms with E-state index in [2.05, 4.69) is 83.4 Å². The van der Waals surface area contributed by atoms with E-state index in [0.717, 1.165) is 32.0 Å². The van der Waals surface area contributed by atoms with Crippen LogP contribution in [0.2, 0.25) is 0 Å². The van der Waals surface area contributed by atoms with E-state index in [1.165, 1.54) is 16.8 Å². The first-order chi connectivity index (χ1) is 12.8. The molecule has 1 saturated heterocycles. The molecule has 1 aliphatic rings. The first-order valence-electron chi connectivity index (χ1n) is 9.46. The Morgan fingerprint density at radius 3 is 2.33 bits per heavy atom. The maximum absolute atomic E-state index is 6.35. The number of aromatic nitrogens is 2. The van der Waals surface area contributed by atoms with Crippen LogP contribution in [0.3, 0.4) is 0 Å². The smallest absolute Gasteiger partial charge is 0.169 e. The molecule has 1 fully saturated rings. The van der Waals surface area contributed by atoms with Crippen LogP contribution >= 0.6 is 0 Å². The molecule has 27 heavy (non-hydrogen) atoms. The zero-order valence-electron chi connectivity index (χ0n) is 17.0. The lowest BCUT2D eigenvalue weighted by atomic mass is 10.1. The minimum Gasteiger partial charge on any atom is -0.393 e. The summed E-state index contributed by atoms with van der Waals surface area (Å²) >= 11 is 0. The van der Waals surface area contributed by atoms with Gasteiger partial charge in [-0.1, -0.05) is 12.1 Å². The van der Waals surface area contributed by atoms with Crippen molar-refractivity contribution >= 4 is 23.0 Å². The summed E-state index contributed by atoms with van der Waals surface area (Å²) in [4.78, 5) is 13.4. The fourth-order valence-corrected chi connectivity index (χ4v) is 3.22. The van der Waals surface area contributed by atoms with E-state index in [1.807, 2.05) is 0 Å². The fraction of sp³-hybridized carbons (Fsp3) is 0.500. The van der Waals surface area contributed by atoms with Gasteiger partial charge in [-0.2, -0.15) is 0 Å². The third-order valence-corrected chi connectivity index (χ3v) is 4.91. The van der Waals surface area contributed by atoms with Crippen LogP contribution in [0.25, 0.3) is 0 Å². The summed E-state index contributed by atoms with van der Waals surface area (Å²) < 4.78 is 0. The molecule has 2 heterocycles. The van der Waals surface area contributed by atoms with E-state index in [-0.39, 0.29) is 5.54 Å². The van der Waals surface area contributed by atoms with Crippen molar-refractivity contribution in [3.8, 4) is 0 Å². The lowest BCUT2D eigenvalue weighted by Crippen LogP contribution is -2.47. The highest BCUT2D eigenvalue weighted by atomic mass is 15.4. The number of hydrogen-bond acceptors (Lipinski definition) is 7. The Hall–Kier alpha value is -2.54. The molecule has 7 heteroatoms. The van der Waals surface area contributed by atoms with Gasteiger partial charge in [0.25, 0.3) is 0 Å². The van der Waals surface area contributed by atoms with Gasteiger partial charge >= 0.3 is 0 Å². The van der Waals surface area contributed by atoms with E-state index < -0.39 is 0 Å². The minimum atomic E-state index is -0.0884. The van der Waals surface area contributed by atoms with Crippen LogP contribution in [0.15, 0.2) is 24.5 Å². The molecule has 1 aromatic heterocycles. The zero-order valence-corrected chi connectivity index (χ0v) is 17.0. The molecule has 0 spiro atoms. The van der Waals surface area contributed by atoms with Crippen LogP contribution in [0.4, 0.5) is 23.0 Å². The average molecular weight is 370 g/mol. The van der Waals surface area contributed by atoms with Crippen molar-refractivity contribution in [2.45, 2.75) is 40.2 Å². The molecule has 0 amide bonds. The van der Waals surface area contributed by atoms with E-state index in [4.69, 9.17) is 5.73 Å². The molecule has 0 radical (unpaired) electrons. The van der Waals surface area contributed by atoms with Crippen LogP contribution in [-0.2, 0) is 0 Å². The van der Waals surface area contributed by atoms with E-state index in [1.54, 1.807) is 6.33 Å². The van der Waals surface area contributed by atoms with Gasteiger partial charge in [0.15, 0.2) is 11.6 Å². The lowest BCUT2D eigenvalue weighted by molar-refractivity contribution is 0.464. The quantitative estimate of drug-likeness (QED) is 0.715. The van der Waals surface area contributed by atoms with Crippen molar-refractivity contribution in [3.05, 3.63) is 35.7 Å². The summed E-state index contributed by atoms with van der Waals surface area (Å²) in [7, 11) is 0. The van der Waals surface area contributed by atoms with Crippen LogP contribution in [-0.4, -0.2) is 41.7 Å². The number of benzene rings is 1. The van der Waals surface area contributed by atoms with Gasteiger partial charge < -0.3 is 21.0 Å². The number of rotatable bonds is 4. The van der Waals surface area contributed by atoms with Crippen molar-refractivity contribution in [2.24, 2.45) is 0 Å². The van der Waals surface area contributed by atoms with E-state index in [9.17, 15) is 0 Å². The molecule has 2 aromatic rings. The Balaban J connectivity index is 1.70. The number of nitrogen functional groups attached to an aromatic ring is 1. The molecule has 3 rings (SSSR count). The Labute approximate surface area is 162 Å². The van der Waals surface area contributed by atoms with Gasteiger partial charge in [0, 0.05) is 37.4 Å². The molecule has 0 atom stereocenters. The second-order valence-corrected chi connectivity index (χ2v) is 8.15. The van der Waals surface area contributed by atoms with Crippen LogP contribution in [0.1, 0.15) is 31.9 Å². The third kappa shape index (κ3) is 4.42. The molecule has 0 unspecified atom stereocenters. The molecule has 1 aliphatic heterocycles. The molecule has 1 aromatic carbocycles. The second kappa shape index (κ2) is 7.60. The predicted octanol–water partition coefficient (Wildman–Crippen LogP) is 2.72. The van der Waals surface area contributed by atoms with E-state index >= 15 is 0 Å². The summed E-state index contributed by atoms with van der Waals surface area (Å²) in [5.41, 5.74) is 17.2. The summed E-state index contributed by atoms with van der Waals surface area (Å²) in [6, 6.07) is 6.50. The third-order valence-electron chi connectivity index (χ3n) is 4.91. The number of hydrazine groups is 1. The second-order valence-electron chi connectivity index (χ2n) is 8.15. The van der Waals surface area contributed by atoms with Crippen molar-refractivity contribution in [2.75, 3.05) is 47.1 Å². The number of piperazine rings is 1. The maximum Gasteiger partial charge on any atom is 0.169 e. The minimum absolute atomic E-state index is 0.0884. The van der Waals surface area contributed by atoms with Gasteiger partial charge in [-0.25, -0.2) is 15.4 Å². The van der Waals surface area contributed by atoms with Gasteiger partial charge in [0.1, 0.15) is 12.0 Å². The largest absolute Gasteiger partial charge is 0.393 e. The Morgan fingerprint density at radius 1 is 1.00 bits per heavy atom. The van der Waals surface area contributed by atoms with Crippen LogP contribution in [0, 0.1) is 13.8 Å². The molecule has 146 valence electrons. The topological polar surface area (TPSA) is 82.3 Å². The summed E-state index contributed by atoms with van der Waals surface area (Å²) in [5, 5.41) is 0. The van der Waals surface area contributed by atoms with Crippen molar-refractivity contribution in [1.29, 1.82) is 0 Å². The lowest BCUT2D eigenvalue weighted by Gasteiger charge is -2.38. The van der Waals surface area contributed by atoms with Gasteiger partial charge in [-0.15, -0.1) is 0 Å². The number of aryl methyl sites for hydroxylation is 1. The van der Waals surface area contributed by atoms with Crippen molar-refractivity contribution in [1.82, 2.24) is 15.4 Å². The maximum atomic E-state index is 6.35. The van der Waals surface area contributed by atoms with Gasteiger partial charge in [-0.3, -0.25) is 0 Å². The molecule has 0 saturated carbocycles. The average Bonchev–Trinajstić information content (AvgIpc) is 2.63. The fourth-order valence-electron chi connectivity index (χ4n) is 3.22. The summed E-state index contributed by atoms with van der Waals surface area (Å²) in [6.07, 6.45) is 1.56. The standard InChI is InChI=1S/C20H31N7/c1-14-7-6-8-16(15(14)2)26-9-11-27(12-10-26)19-17(21)18(22-13-23-19)24-25-20(3,4)5/h6-8,13,25H,9-12,21H2,1-5H3,(H,22,23,24). The SMILES string of the molecule is Cc1cccc(N2CCN(c3ncnc(NNC(C)(C)C)c3N)CC2)c1C. The Bertz CT molecular complexity index is 789. The predicted molar refractivity (Wildman–Crippen MR) is 113 cm³/mol. The number of hydrogen-bond donors (Lipinski definition) is 3. The number of nitrogens with one attached hydrogen (secondary N) is 2. The van der Waals surface area contributed by atoms with Crippen LogP contribution < -0.4 is 26.4 Å². The summed E-state index contributed by atoms with van der Waals surface area (Å²) in [5.74, 6) is 1.41. The molecule has 0 bridgehead atoms. The normalized spacial score (nSPS) is 15.1. The number of nitrogens with two attached hydrogens (primary N) is 1. The van der Waals surface area contributed by atoms with Gasteiger partial charge in [0.05, 0.1) is 0 Å². The van der Waals surface area contributed by atoms with Gasteiger partial charge in [0.2, 0.25) is 0 Å². The molecule has 4 N–H and O–H groups in total. The van der Waals surface area contributed by atoms with Crippen molar-refractivity contribution < 1.29 is 0 Å². The summed E-state index contributed by atoms with van der Waals surface area (Å²) in [6.45, 7) is 14.2. The molecule has 0 aliphatic carbocycles. The molecule has 7 nitrogen and oxygen atoms in total.